The summed E-state index contributed by atoms with van der Waals surface area (Å²) in [4.78, 5) is 57.8. The molecule has 0 radical (unpaired) electrons. The summed E-state index contributed by atoms with van der Waals surface area (Å²) in [6.45, 7) is 1.06. The van der Waals surface area contributed by atoms with Gasteiger partial charge in [0.2, 0.25) is 0 Å². The summed E-state index contributed by atoms with van der Waals surface area (Å²) in [6.07, 6.45) is -1.78. The summed E-state index contributed by atoms with van der Waals surface area (Å²) in [7, 11) is 0. The van der Waals surface area contributed by atoms with Gasteiger partial charge in [0.15, 0.2) is 0 Å². The number of aliphatic carboxylic acids is 6. The molecule has 0 aliphatic rings. The van der Waals surface area contributed by atoms with E-state index < -0.39 is 41.2 Å². The molecule has 9 N–H and O–H groups in total. The highest BCUT2D eigenvalue weighted by Gasteiger charge is 2.20. The fourth-order valence-electron chi connectivity index (χ4n) is 0.792. The van der Waals surface area contributed by atoms with Gasteiger partial charge in [-0.05, 0) is 0 Å². The summed E-state index contributed by atoms with van der Waals surface area (Å²) < 4.78 is 0. The summed E-state index contributed by atoms with van der Waals surface area (Å²) in [5, 5.41) is 72.8. The van der Waals surface area contributed by atoms with E-state index in [2.05, 4.69) is 0 Å². The average Bonchev–Trinajstić information content (AvgIpc) is 2.70. The smallest absolute Gasteiger partial charge is 0.303 e. The molecule has 0 bridgehead atoms. The van der Waals surface area contributed by atoms with Crippen LogP contribution in [0.25, 0.3) is 0 Å². The second-order valence-corrected chi connectivity index (χ2v) is 6.15. The van der Waals surface area contributed by atoms with E-state index in [-0.39, 0.29) is 58.3 Å². The Bertz CT molecular complexity index is 464. The van der Waals surface area contributed by atoms with E-state index in [0.717, 1.165) is 0 Å². The monoisotopic (exact) mass is 474 g/mol. The number of aliphatic hydroxyl groups excluding tert-OH is 3. The maximum absolute atomic E-state index is 9.64. The molecule has 15 nitrogen and oxygen atoms in total. The number of carboxylic acids is 6. The lowest BCUT2D eigenvalue weighted by Crippen LogP contribution is -2.29. The zero-order chi connectivity index (χ0) is 26.3. The molecule has 0 spiro atoms. The first kappa shape index (κ1) is 36.1. The van der Waals surface area contributed by atoms with E-state index in [1.165, 1.54) is 0 Å². The summed E-state index contributed by atoms with van der Waals surface area (Å²) in [6, 6.07) is 0. The maximum atomic E-state index is 9.64. The third kappa shape index (κ3) is 41.2. The minimum atomic E-state index is -1.08. The van der Waals surface area contributed by atoms with Crippen LogP contribution in [0.2, 0.25) is 0 Å². The van der Waals surface area contributed by atoms with E-state index >= 15 is 0 Å². The Morgan fingerprint density at radius 2 is 0.562 bits per heavy atom. The average molecular weight is 474 g/mol. The molecule has 0 heterocycles. The van der Waals surface area contributed by atoms with Crippen molar-refractivity contribution in [1.29, 1.82) is 0 Å². The van der Waals surface area contributed by atoms with Crippen LogP contribution < -0.4 is 0 Å². The van der Waals surface area contributed by atoms with Crippen molar-refractivity contribution in [2.45, 2.75) is 45.4 Å². The van der Waals surface area contributed by atoms with Crippen LogP contribution in [-0.2, 0) is 28.8 Å². The van der Waals surface area contributed by atoms with Crippen molar-refractivity contribution in [3.63, 3.8) is 0 Å². The molecule has 0 aliphatic heterocycles. The number of rotatable bonds is 12. The van der Waals surface area contributed by atoms with Crippen LogP contribution in [0.4, 0.5) is 0 Å². The first-order valence-corrected chi connectivity index (χ1v) is 8.70. The van der Waals surface area contributed by atoms with E-state index in [0.29, 0.717) is 0 Å². The first-order valence-electron chi connectivity index (χ1n) is 8.70. The molecule has 0 aliphatic carbocycles. The minimum Gasteiger partial charge on any atom is -0.481 e. The van der Waals surface area contributed by atoms with Crippen LogP contribution in [0.1, 0.15) is 45.4 Å². The molecule has 0 rings (SSSR count). The van der Waals surface area contributed by atoms with Crippen molar-refractivity contribution in [2.24, 2.45) is 5.41 Å². The summed E-state index contributed by atoms with van der Waals surface area (Å²) in [5.41, 5.74) is -0.708. The molecule has 188 valence electrons. The van der Waals surface area contributed by atoms with Gasteiger partial charge in [-0.2, -0.15) is 0 Å². The highest BCUT2D eigenvalue weighted by molar-refractivity contribution is 5.76. The molecule has 15 heteroatoms. The van der Waals surface area contributed by atoms with Gasteiger partial charge in [0.1, 0.15) is 0 Å². The second kappa shape index (κ2) is 22.4. The minimum absolute atomic E-state index is 0.181. The molecule has 0 saturated carbocycles. The molecule has 0 aromatic rings. The second-order valence-electron chi connectivity index (χ2n) is 6.15. The molecule has 0 unspecified atom stereocenters. The van der Waals surface area contributed by atoms with Crippen molar-refractivity contribution in [3.05, 3.63) is 0 Å². The lowest BCUT2D eigenvalue weighted by Gasteiger charge is -2.20. The SMILES string of the molecule is CC(CO)(CO)CO.O=C(O)CCC(=O)O.O=C(O)CCC(=O)O.O=C(O)CCC(=O)O. The molecule has 0 aromatic carbocycles. The number of carbonyl (C=O) groups is 6. The van der Waals surface area contributed by atoms with Gasteiger partial charge in [-0.15, -0.1) is 0 Å². The molecular formula is C17H30O15. The molecule has 0 fully saturated rings. The Morgan fingerprint density at radius 3 is 0.594 bits per heavy atom. The van der Waals surface area contributed by atoms with Gasteiger partial charge in [0, 0.05) is 5.41 Å². The van der Waals surface area contributed by atoms with Crippen LogP contribution in [0.15, 0.2) is 0 Å². The van der Waals surface area contributed by atoms with Crippen LogP contribution in [0, 0.1) is 5.41 Å². The number of hydrogen-bond donors (Lipinski definition) is 9. The Kier molecular flexibility index (Phi) is 25.3. The topological polar surface area (TPSA) is 284 Å². The van der Waals surface area contributed by atoms with Crippen LogP contribution >= 0.6 is 0 Å². The van der Waals surface area contributed by atoms with Crippen molar-refractivity contribution >= 4 is 35.8 Å². The van der Waals surface area contributed by atoms with Crippen LogP contribution in [0.3, 0.4) is 0 Å². The summed E-state index contributed by atoms with van der Waals surface area (Å²) in [5.74, 6) is -6.46. The van der Waals surface area contributed by atoms with E-state index in [4.69, 9.17) is 46.0 Å². The number of aliphatic hydroxyl groups is 3. The van der Waals surface area contributed by atoms with Crippen molar-refractivity contribution < 1.29 is 74.7 Å². The van der Waals surface area contributed by atoms with Crippen LogP contribution in [0.5, 0.6) is 0 Å². The van der Waals surface area contributed by atoms with E-state index in [9.17, 15) is 28.8 Å². The summed E-state index contributed by atoms with van der Waals surface area (Å²) >= 11 is 0. The molecule has 0 aromatic heterocycles. The predicted octanol–water partition coefficient (Wildman–Crippen LogP) is -1.22. The van der Waals surface area contributed by atoms with Crippen LogP contribution in [-0.4, -0.2) is 102 Å². The highest BCUT2D eigenvalue weighted by Crippen LogP contribution is 2.10. The lowest BCUT2D eigenvalue weighted by atomic mass is 9.95. The normalized spacial score (nSPS) is 9.38. The van der Waals surface area contributed by atoms with Crippen molar-refractivity contribution in [2.75, 3.05) is 19.8 Å². The molecule has 32 heavy (non-hydrogen) atoms. The fourth-order valence-corrected chi connectivity index (χ4v) is 0.792. The Morgan fingerprint density at radius 1 is 0.438 bits per heavy atom. The molecule has 0 amide bonds. The van der Waals surface area contributed by atoms with E-state index in [1.807, 2.05) is 0 Å². The Labute approximate surface area is 182 Å². The fraction of sp³-hybridized carbons (Fsp3) is 0.647. The quantitative estimate of drug-likeness (QED) is 0.160. The predicted molar refractivity (Wildman–Crippen MR) is 103 cm³/mol. The third-order valence-corrected chi connectivity index (χ3v) is 2.80. The number of carboxylic acid groups (broad SMARTS) is 6. The van der Waals surface area contributed by atoms with E-state index in [1.54, 1.807) is 6.92 Å². The Balaban J connectivity index is -0.000000163. The number of hydrogen-bond acceptors (Lipinski definition) is 9. The van der Waals surface area contributed by atoms with Gasteiger partial charge in [-0.1, -0.05) is 6.92 Å². The van der Waals surface area contributed by atoms with Crippen molar-refractivity contribution in [3.8, 4) is 0 Å². The van der Waals surface area contributed by atoms with Gasteiger partial charge in [-0.25, -0.2) is 0 Å². The lowest BCUT2D eigenvalue weighted by molar-refractivity contribution is -0.143. The largest absolute Gasteiger partial charge is 0.481 e. The van der Waals surface area contributed by atoms with Gasteiger partial charge in [0.25, 0.3) is 0 Å². The van der Waals surface area contributed by atoms with Gasteiger partial charge < -0.3 is 46.0 Å². The van der Waals surface area contributed by atoms with Gasteiger partial charge in [-0.3, -0.25) is 28.8 Å². The Hall–Kier alpha value is -3.30. The molecular weight excluding hydrogens is 444 g/mol. The highest BCUT2D eigenvalue weighted by atomic mass is 16.4. The van der Waals surface area contributed by atoms with Crippen molar-refractivity contribution in [1.82, 2.24) is 0 Å². The molecule has 0 atom stereocenters. The standard InChI is InChI=1S/C5H12O3.3C4H6O4/c1-5(2-6,3-7)4-8;3*5-3(6)1-2-4(7)8/h6-8H,2-4H2,1H3;3*1-2H2,(H,5,6)(H,7,8). The third-order valence-electron chi connectivity index (χ3n) is 2.80. The van der Waals surface area contributed by atoms with Gasteiger partial charge >= 0.3 is 35.8 Å². The maximum Gasteiger partial charge on any atom is 0.303 e. The zero-order valence-corrected chi connectivity index (χ0v) is 17.3. The molecule has 0 saturated heterocycles. The zero-order valence-electron chi connectivity index (χ0n) is 17.3. The van der Waals surface area contributed by atoms with Gasteiger partial charge in [0.05, 0.1) is 58.3 Å². The first-order chi connectivity index (χ1) is 14.6.